The summed E-state index contributed by atoms with van der Waals surface area (Å²) in [7, 11) is 0. The first-order valence-corrected chi connectivity index (χ1v) is 7.33. The fourth-order valence-corrected chi connectivity index (χ4v) is 3.27. The third kappa shape index (κ3) is 3.44. The minimum Gasteiger partial charge on any atom is -0.354 e. The molecule has 2 aliphatic rings. The van der Waals surface area contributed by atoms with Crippen LogP contribution in [0.3, 0.4) is 0 Å². The van der Waals surface area contributed by atoms with E-state index in [0.717, 1.165) is 25.9 Å². The van der Waals surface area contributed by atoms with Crippen molar-refractivity contribution in [1.29, 1.82) is 0 Å². The van der Waals surface area contributed by atoms with Gasteiger partial charge < -0.3 is 5.32 Å². The van der Waals surface area contributed by atoms with E-state index in [1.165, 1.54) is 38.6 Å². The van der Waals surface area contributed by atoms with E-state index in [2.05, 4.69) is 17.1 Å². The first kappa shape index (κ1) is 12.9. The van der Waals surface area contributed by atoms with E-state index in [9.17, 15) is 4.79 Å². The van der Waals surface area contributed by atoms with E-state index in [0.29, 0.717) is 17.9 Å². The fraction of sp³-hybridized carbons (Fsp3) is 0.929. The van der Waals surface area contributed by atoms with Gasteiger partial charge in [0.25, 0.3) is 0 Å². The molecule has 1 amide bonds. The molecule has 17 heavy (non-hydrogen) atoms. The Kier molecular flexibility index (Phi) is 4.84. The smallest absolute Gasteiger partial charge is 0.223 e. The summed E-state index contributed by atoms with van der Waals surface area (Å²) in [5.41, 5.74) is 0. The second kappa shape index (κ2) is 6.39. The van der Waals surface area contributed by atoms with Crippen LogP contribution in [0.2, 0.25) is 0 Å². The first-order chi connectivity index (χ1) is 8.31. The van der Waals surface area contributed by atoms with Crippen molar-refractivity contribution < 1.29 is 4.79 Å². The highest BCUT2D eigenvalue weighted by molar-refractivity contribution is 5.78. The van der Waals surface area contributed by atoms with Crippen LogP contribution in [0.25, 0.3) is 0 Å². The zero-order valence-corrected chi connectivity index (χ0v) is 11.1. The van der Waals surface area contributed by atoms with Crippen LogP contribution in [0.5, 0.6) is 0 Å². The average Bonchev–Trinajstić information content (AvgIpc) is 2.84. The molecule has 1 saturated carbocycles. The van der Waals surface area contributed by atoms with Crippen molar-refractivity contribution in [3.63, 3.8) is 0 Å². The summed E-state index contributed by atoms with van der Waals surface area (Å²) >= 11 is 0. The molecular weight excluding hydrogens is 212 g/mol. The van der Waals surface area contributed by atoms with Gasteiger partial charge in [0.15, 0.2) is 0 Å². The van der Waals surface area contributed by atoms with E-state index in [4.69, 9.17) is 0 Å². The van der Waals surface area contributed by atoms with Crippen LogP contribution in [0.4, 0.5) is 0 Å². The Morgan fingerprint density at radius 1 is 1.18 bits per heavy atom. The molecule has 0 aromatic carbocycles. The molecule has 1 saturated heterocycles. The molecule has 1 N–H and O–H groups in total. The molecule has 2 fully saturated rings. The summed E-state index contributed by atoms with van der Waals surface area (Å²) in [5.74, 6) is 0.618. The Morgan fingerprint density at radius 2 is 1.94 bits per heavy atom. The van der Waals surface area contributed by atoms with Gasteiger partial charge in [0, 0.05) is 18.5 Å². The second-order valence-corrected chi connectivity index (χ2v) is 5.50. The van der Waals surface area contributed by atoms with Gasteiger partial charge in [-0.25, -0.2) is 0 Å². The third-order valence-corrected chi connectivity index (χ3v) is 4.39. The number of likely N-dealkylation sites (N-methyl/N-ethyl adjacent to an activating group) is 1. The number of hydrogen-bond donors (Lipinski definition) is 1. The molecular formula is C14H26N2O. The maximum atomic E-state index is 12.0. The predicted molar refractivity (Wildman–Crippen MR) is 69.9 cm³/mol. The first-order valence-electron chi connectivity index (χ1n) is 7.33. The lowest BCUT2D eigenvalue weighted by Crippen LogP contribution is -2.42. The minimum absolute atomic E-state index is 0.306. The molecule has 0 aromatic rings. The Balaban J connectivity index is 1.71. The van der Waals surface area contributed by atoms with Gasteiger partial charge in [-0.05, 0) is 38.8 Å². The standard InChI is InChI=1S/C14H26N2O/c1-2-16-10-6-9-13(16)11-15-14(17)12-7-4-3-5-8-12/h12-13H,2-11H2,1H3,(H,15,17). The lowest BCUT2D eigenvalue weighted by atomic mass is 9.88. The van der Waals surface area contributed by atoms with E-state index < -0.39 is 0 Å². The molecule has 3 nitrogen and oxygen atoms in total. The van der Waals surface area contributed by atoms with E-state index in [1.54, 1.807) is 0 Å². The molecule has 1 unspecified atom stereocenters. The van der Waals surface area contributed by atoms with Gasteiger partial charge in [0.1, 0.15) is 0 Å². The summed E-state index contributed by atoms with van der Waals surface area (Å²) in [5, 5.41) is 3.18. The third-order valence-electron chi connectivity index (χ3n) is 4.39. The lowest BCUT2D eigenvalue weighted by molar-refractivity contribution is -0.126. The Labute approximate surface area is 105 Å². The zero-order chi connectivity index (χ0) is 12.1. The molecule has 0 bridgehead atoms. The minimum atomic E-state index is 0.306. The van der Waals surface area contributed by atoms with E-state index in [-0.39, 0.29) is 0 Å². The van der Waals surface area contributed by atoms with E-state index >= 15 is 0 Å². The van der Waals surface area contributed by atoms with Gasteiger partial charge in [-0.15, -0.1) is 0 Å². The molecule has 0 aromatic heterocycles. The van der Waals surface area contributed by atoms with Crippen molar-refractivity contribution in [2.75, 3.05) is 19.6 Å². The summed E-state index contributed by atoms with van der Waals surface area (Å²) in [6.45, 7) is 5.40. The molecule has 98 valence electrons. The van der Waals surface area contributed by atoms with E-state index in [1.807, 2.05) is 0 Å². The number of nitrogens with zero attached hydrogens (tertiary/aromatic N) is 1. The number of amides is 1. The van der Waals surface area contributed by atoms with Crippen LogP contribution in [-0.2, 0) is 4.79 Å². The quantitative estimate of drug-likeness (QED) is 0.814. The van der Waals surface area contributed by atoms with Gasteiger partial charge in [0.05, 0.1) is 0 Å². The number of carbonyl (C=O) groups is 1. The molecule has 0 radical (unpaired) electrons. The van der Waals surface area contributed by atoms with Crippen LogP contribution in [0.1, 0.15) is 51.9 Å². The van der Waals surface area contributed by atoms with Gasteiger partial charge in [-0.3, -0.25) is 9.69 Å². The number of rotatable bonds is 4. The fourth-order valence-electron chi connectivity index (χ4n) is 3.27. The zero-order valence-electron chi connectivity index (χ0n) is 11.1. The average molecular weight is 238 g/mol. The summed E-state index contributed by atoms with van der Waals surface area (Å²) in [4.78, 5) is 14.5. The van der Waals surface area contributed by atoms with Crippen molar-refractivity contribution in [2.45, 2.75) is 57.9 Å². The predicted octanol–water partition coefficient (Wildman–Crippen LogP) is 2.17. The normalized spacial score (nSPS) is 27.2. The topological polar surface area (TPSA) is 32.3 Å². The lowest BCUT2D eigenvalue weighted by Gasteiger charge is -2.25. The van der Waals surface area contributed by atoms with Crippen LogP contribution < -0.4 is 5.32 Å². The molecule has 0 spiro atoms. The Hall–Kier alpha value is -0.570. The number of nitrogens with one attached hydrogen (secondary N) is 1. The highest BCUT2D eigenvalue weighted by Crippen LogP contribution is 2.23. The van der Waals surface area contributed by atoms with Crippen molar-refractivity contribution in [2.24, 2.45) is 5.92 Å². The number of carbonyl (C=O) groups excluding carboxylic acids is 1. The molecule has 1 atom stereocenters. The summed E-state index contributed by atoms with van der Waals surface area (Å²) in [6, 6.07) is 0.590. The van der Waals surface area contributed by atoms with Gasteiger partial charge in [-0.2, -0.15) is 0 Å². The van der Waals surface area contributed by atoms with Crippen LogP contribution >= 0.6 is 0 Å². The summed E-state index contributed by atoms with van der Waals surface area (Å²) < 4.78 is 0. The van der Waals surface area contributed by atoms with Crippen LogP contribution in [-0.4, -0.2) is 36.5 Å². The van der Waals surface area contributed by atoms with Gasteiger partial charge in [0.2, 0.25) is 5.91 Å². The maximum absolute atomic E-state index is 12.0. The second-order valence-electron chi connectivity index (χ2n) is 5.50. The molecule has 1 aliphatic carbocycles. The maximum Gasteiger partial charge on any atom is 0.223 e. The van der Waals surface area contributed by atoms with Crippen molar-refractivity contribution in [3.8, 4) is 0 Å². The number of hydrogen-bond acceptors (Lipinski definition) is 2. The SMILES string of the molecule is CCN1CCCC1CNC(=O)C1CCCCC1. The van der Waals surface area contributed by atoms with Crippen LogP contribution in [0, 0.1) is 5.92 Å². The molecule has 3 heteroatoms. The highest BCUT2D eigenvalue weighted by atomic mass is 16.1. The molecule has 1 aliphatic heterocycles. The Morgan fingerprint density at radius 3 is 2.65 bits per heavy atom. The van der Waals surface area contributed by atoms with Crippen molar-refractivity contribution in [3.05, 3.63) is 0 Å². The van der Waals surface area contributed by atoms with Gasteiger partial charge >= 0.3 is 0 Å². The monoisotopic (exact) mass is 238 g/mol. The van der Waals surface area contributed by atoms with Gasteiger partial charge in [-0.1, -0.05) is 26.2 Å². The summed E-state index contributed by atoms with van der Waals surface area (Å²) in [6.07, 6.45) is 8.54. The Bertz CT molecular complexity index is 249. The molecule has 2 rings (SSSR count). The number of likely N-dealkylation sites (tertiary alicyclic amines) is 1. The molecule has 1 heterocycles. The van der Waals surface area contributed by atoms with Crippen LogP contribution in [0.15, 0.2) is 0 Å². The van der Waals surface area contributed by atoms with Crippen molar-refractivity contribution in [1.82, 2.24) is 10.2 Å². The largest absolute Gasteiger partial charge is 0.354 e. The highest BCUT2D eigenvalue weighted by Gasteiger charge is 2.25. The van der Waals surface area contributed by atoms with Crippen molar-refractivity contribution >= 4 is 5.91 Å².